The molecule has 4 rings (SSSR count). The Balaban J connectivity index is 1.75. The number of fused-ring (bicyclic) bond motifs is 1. The quantitative estimate of drug-likeness (QED) is 0.423. The molecule has 0 aliphatic heterocycles. The van der Waals surface area contributed by atoms with Crippen molar-refractivity contribution in [3.05, 3.63) is 91.8 Å². The molecule has 182 valence electrons. The second-order valence-corrected chi connectivity index (χ2v) is 9.33. The second-order valence-electron chi connectivity index (χ2n) is 9.33. The summed E-state index contributed by atoms with van der Waals surface area (Å²) in [6.45, 7) is 8.35. The maximum absolute atomic E-state index is 13.6. The molecule has 0 saturated heterocycles. The number of anilines is 2. The topological polar surface area (TPSA) is 114 Å². The number of benzene rings is 2. The van der Waals surface area contributed by atoms with Crippen LogP contribution < -0.4 is 21.9 Å². The van der Waals surface area contributed by atoms with Gasteiger partial charge in [-0.05, 0) is 48.6 Å². The van der Waals surface area contributed by atoms with Crippen LogP contribution in [0.15, 0.2) is 62.7 Å². The van der Waals surface area contributed by atoms with E-state index in [1.165, 1.54) is 9.47 Å². The lowest BCUT2D eigenvalue weighted by Gasteiger charge is -2.26. The van der Waals surface area contributed by atoms with Crippen molar-refractivity contribution < 1.29 is 9.21 Å². The fourth-order valence-corrected chi connectivity index (χ4v) is 4.18. The number of furan rings is 1. The number of H-pyrrole nitrogens is 1. The van der Waals surface area contributed by atoms with Crippen LogP contribution in [-0.2, 0) is 17.8 Å². The predicted octanol–water partition coefficient (Wildman–Crippen LogP) is 3.76. The number of aromatic nitrogens is 2. The van der Waals surface area contributed by atoms with Gasteiger partial charge >= 0.3 is 5.69 Å². The zero-order valence-corrected chi connectivity index (χ0v) is 20.4. The van der Waals surface area contributed by atoms with Crippen LogP contribution in [0.1, 0.15) is 36.1 Å². The number of carbonyl (C=O) groups excluding carboxylic acids is 1. The first-order valence-electron chi connectivity index (χ1n) is 11.6. The van der Waals surface area contributed by atoms with Crippen molar-refractivity contribution in [2.24, 2.45) is 5.92 Å². The summed E-state index contributed by atoms with van der Waals surface area (Å²) >= 11 is 0. The summed E-state index contributed by atoms with van der Waals surface area (Å²) in [5.74, 6) is -0.292. The molecule has 4 aromatic rings. The number of nitrogens with one attached hydrogen (secondary N) is 1. The lowest BCUT2D eigenvalue weighted by molar-refractivity contribution is -0.118. The number of hydrogen-bond acceptors (Lipinski definition) is 5. The van der Waals surface area contributed by atoms with Gasteiger partial charge in [-0.15, -0.1) is 0 Å². The summed E-state index contributed by atoms with van der Waals surface area (Å²) < 4.78 is 6.98. The van der Waals surface area contributed by atoms with E-state index in [9.17, 15) is 14.4 Å². The fraction of sp³-hybridized carbons (Fsp3) is 0.296. The third-order valence-corrected chi connectivity index (χ3v) is 6.13. The van der Waals surface area contributed by atoms with E-state index < -0.39 is 11.2 Å². The Hall–Kier alpha value is -4.07. The van der Waals surface area contributed by atoms with Crippen LogP contribution in [0.5, 0.6) is 0 Å². The van der Waals surface area contributed by atoms with Gasteiger partial charge in [-0.1, -0.05) is 44.2 Å². The highest BCUT2D eigenvalue weighted by molar-refractivity contribution is 5.99. The molecule has 0 spiro atoms. The highest BCUT2D eigenvalue weighted by Gasteiger charge is 2.26. The summed E-state index contributed by atoms with van der Waals surface area (Å²) in [5, 5.41) is 0.863. The fourth-order valence-electron chi connectivity index (χ4n) is 4.18. The average molecular weight is 475 g/mol. The third-order valence-electron chi connectivity index (χ3n) is 6.13. The molecule has 0 aliphatic rings. The predicted molar refractivity (Wildman–Crippen MR) is 138 cm³/mol. The first-order valence-corrected chi connectivity index (χ1v) is 11.6. The maximum Gasteiger partial charge on any atom is 0.330 e. The Morgan fingerprint density at radius 3 is 2.49 bits per heavy atom. The smallest absolute Gasteiger partial charge is 0.330 e. The number of aromatic amines is 1. The van der Waals surface area contributed by atoms with Crippen molar-refractivity contribution in [1.82, 2.24) is 9.55 Å². The molecule has 2 heterocycles. The van der Waals surface area contributed by atoms with Crippen molar-refractivity contribution >= 4 is 28.4 Å². The molecule has 3 N–H and O–H groups in total. The van der Waals surface area contributed by atoms with Crippen molar-refractivity contribution in [3.8, 4) is 0 Å². The van der Waals surface area contributed by atoms with Crippen LogP contribution in [0, 0.1) is 19.8 Å². The highest BCUT2D eigenvalue weighted by atomic mass is 16.3. The molecule has 35 heavy (non-hydrogen) atoms. The van der Waals surface area contributed by atoms with E-state index in [-0.39, 0.29) is 42.8 Å². The molecule has 0 atom stereocenters. The Morgan fingerprint density at radius 1 is 1.11 bits per heavy atom. The van der Waals surface area contributed by atoms with Gasteiger partial charge in [0.25, 0.3) is 5.56 Å². The van der Waals surface area contributed by atoms with E-state index in [1.54, 1.807) is 6.26 Å². The highest BCUT2D eigenvalue weighted by Crippen LogP contribution is 2.27. The van der Waals surface area contributed by atoms with Gasteiger partial charge in [-0.2, -0.15) is 0 Å². The monoisotopic (exact) mass is 474 g/mol. The van der Waals surface area contributed by atoms with Crippen LogP contribution >= 0.6 is 0 Å². The molecule has 0 radical (unpaired) electrons. The molecule has 2 aromatic carbocycles. The minimum Gasteiger partial charge on any atom is -0.464 e. The SMILES string of the molecule is Cc1cc2occ(CC(=O)N(CC(C)C)c3c(N)n(Cc4ccccc4)c(=O)[nH]c3=O)c2cc1C. The zero-order valence-electron chi connectivity index (χ0n) is 20.4. The summed E-state index contributed by atoms with van der Waals surface area (Å²) in [5.41, 5.74) is 9.54. The lowest BCUT2D eigenvalue weighted by Crippen LogP contribution is -2.43. The van der Waals surface area contributed by atoms with Gasteiger partial charge in [0.2, 0.25) is 5.91 Å². The lowest BCUT2D eigenvalue weighted by atomic mass is 10.0. The number of aryl methyl sites for hydroxylation is 2. The molecular formula is C27H30N4O4. The van der Waals surface area contributed by atoms with E-state index in [1.807, 2.05) is 70.2 Å². The molecule has 0 unspecified atom stereocenters. The van der Waals surface area contributed by atoms with Crippen molar-refractivity contribution in [3.63, 3.8) is 0 Å². The zero-order chi connectivity index (χ0) is 25.3. The largest absolute Gasteiger partial charge is 0.464 e. The first-order chi connectivity index (χ1) is 16.7. The summed E-state index contributed by atoms with van der Waals surface area (Å²) in [6.07, 6.45) is 1.61. The Morgan fingerprint density at radius 2 is 1.80 bits per heavy atom. The second kappa shape index (κ2) is 9.66. The molecule has 8 heteroatoms. The van der Waals surface area contributed by atoms with E-state index >= 15 is 0 Å². The third kappa shape index (κ3) is 4.91. The number of nitrogen functional groups attached to an aromatic ring is 1. The van der Waals surface area contributed by atoms with Gasteiger partial charge < -0.3 is 15.1 Å². The number of hydrogen-bond donors (Lipinski definition) is 2. The minimum atomic E-state index is -0.686. The molecule has 0 bridgehead atoms. The number of carbonyl (C=O) groups is 1. The van der Waals surface area contributed by atoms with Gasteiger partial charge in [0, 0.05) is 17.5 Å². The van der Waals surface area contributed by atoms with Crippen LogP contribution in [0.4, 0.5) is 11.5 Å². The summed E-state index contributed by atoms with van der Waals surface area (Å²) in [7, 11) is 0. The van der Waals surface area contributed by atoms with Crippen molar-refractivity contribution in [1.29, 1.82) is 0 Å². The van der Waals surface area contributed by atoms with E-state index in [0.717, 1.165) is 27.6 Å². The van der Waals surface area contributed by atoms with Crippen LogP contribution in [-0.4, -0.2) is 22.0 Å². The number of rotatable bonds is 7. The molecule has 0 fully saturated rings. The van der Waals surface area contributed by atoms with Crippen molar-refractivity contribution in [2.45, 2.75) is 40.7 Å². The van der Waals surface area contributed by atoms with Crippen LogP contribution in [0.25, 0.3) is 11.0 Å². The van der Waals surface area contributed by atoms with Gasteiger partial charge in [0.1, 0.15) is 11.4 Å². The van der Waals surface area contributed by atoms with E-state index in [2.05, 4.69) is 4.98 Å². The van der Waals surface area contributed by atoms with Crippen molar-refractivity contribution in [2.75, 3.05) is 17.2 Å². The van der Waals surface area contributed by atoms with Gasteiger partial charge in [0.15, 0.2) is 5.69 Å². The van der Waals surface area contributed by atoms with Gasteiger partial charge in [-0.3, -0.25) is 19.1 Å². The average Bonchev–Trinajstić information content (AvgIpc) is 3.17. The maximum atomic E-state index is 13.6. The number of nitrogens with zero attached hydrogens (tertiary/aromatic N) is 2. The standard InChI is InChI=1S/C27H30N4O4/c1-16(2)13-30(23(32)12-20-15-35-22-11-18(4)17(3)10-21(20)22)24-25(28)31(27(34)29-26(24)33)14-19-8-6-5-7-9-19/h5-11,15-16H,12-14,28H2,1-4H3,(H,29,33,34). The number of amides is 1. The number of nitrogens with two attached hydrogens (primary N) is 1. The van der Waals surface area contributed by atoms with Crippen LogP contribution in [0.3, 0.4) is 0 Å². The molecule has 8 nitrogen and oxygen atoms in total. The first kappa shape index (κ1) is 24.1. The Labute approximate surface area is 203 Å². The van der Waals surface area contributed by atoms with Gasteiger partial charge in [-0.25, -0.2) is 4.79 Å². The summed E-state index contributed by atoms with van der Waals surface area (Å²) in [6, 6.07) is 13.3. The molecular weight excluding hydrogens is 444 g/mol. The van der Waals surface area contributed by atoms with E-state index in [0.29, 0.717) is 5.58 Å². The molecule has 1 amide bonds. The molecule has 2 aromatic heterocycles. The Bertz CT molecular complexity index is 1500. The van der Waals surface area contributed by atoms with Crippen LogP contribution in [0.2, 0.25) is 0 Å². The minimum absolute atomic E-state index is 0.0148. The normalized spacial score (nSPS) is 11.3. The molecule has 0 aliphatic carbocycles. The Kier molecular flexibility index (Phi) is 6.64. The van der Waals surface area contributed by atoms with E-state index in [4.69, 9.17) is 10.2 Å². The van der Waals surface area contributed by atoms with Gasteiger partial charge in [0.05, 0.1) is 19.2 Å². The molecule has 0 saturated carbocycles. The summed E-state index contributed by atoms with van der Waals surface area (Å²) in [4.78, 5) is 42.9.